The highest BCUT2D eigenvalue weighted by Gasteiger charge is 2.28. The van der Waals surface area contributed by atoms with Gasteiger partial charge in [-0.05, 0) is 37.5 Å². The smallest absolute Gasteiger partial charge is 0.225 e. The zero-order valence-corrected chi connectivity index (χ0v) is 18.1. The first-order valence-electron chi connectivity index (χ1n) is 11.0. The first-order chi connectivity index (χ1) is 15.7. The van der Waals surface area contributed by atoms with Gasteiger partial charge >= 0.3 is 0 Å². The van der Waals surface area contributed by atoms with Crippen LogP contribution in [0.15, 0.2) is 67.1 Å². The zero-order valence-electron chi connectivity index (χ0n) is 18.1. The molecule has 2 aromatic heterocycles. The van der Waals surface area contributed by atoms with Crippen LogP contribution in [0.1, 0.15) is 24.0 Å². The van der Waals surface area contributed by atoms with Crippen LogP contribution in [0, 0.1) is 12.8 Å². The molecule has 1 aliphatic heterocycles. The third-order valence-corrected chi connectivity index (χ3v) is 6.00. The quantitative estimate of drug-likeness (QED) is 0.527. The summed E-state index contributed by atoms with van der Waals surface area (Å²) in [4.78, 5) is 24.0. The van der Waals surface area contributed by atoms with Gasteiger partial charge in [-0.25, -0.2) is 14.6 Å². The Hall–Kier alpha value is -3.74. The molecule has 1 atom stereocenters. The monoisotopic (exact) mass is 426 g/mol. The normalized spacial score (nSPS) is 16.3. The number of hydrogen-bond donors (Lipinski definition) is 1. The Morgan fingerprint density at radius 2 is 1.91 bits per heavy atom. The summed E-state index contributed by atoms with van der Waals surface area (Å²) in [5, 5.41) is 8.64. The number of nitrogens with zero attached hydrogens (tertiary/aromatic N) is 5. The van der Waals surface area contributed by atoms with Crippen molar-refractivity contribution in [1.29, 1.82) is 0 Å². The molecule has 32 heavy (non-hydrogen) atoms. The summed E-state index contributed by atoms with van der Waals surface area (Å²) in [7, 11) is 0. The first kappa shape index (κ1) is 20.2. The summed E-state index contributed by atoms with van der Waals surface area (Å²) >= 11 is 0. The van der Waals surface area contributed by atoms with E-state index in [0.717, 1.165) is 41.8 Å². The topological polar surface area (TPSA) is 75.9 Å². The van der Waals surface area contributed by atoms with Gasteiger partial charge in [0.15, 0.2) is 5.65 Å². The van der Waals surface area contributed by atoms with Crippen molar-refractivity contribution >= 4 is 22.8 Å². The lowest BCUT2D eigenvalue weighted by atomic mass is 9.97. The number of benzene rings is 2. The second kappa shape index (κ2) is 8.78. The second-order valence-corrected chi connectivity index (χ2v) is 8.33. The molecule has 1 unspecified atom stereocenters. The Morgan fingerprint density at radius 3 is 2.72 bits per heavy atom. The fraction of sp³-hybridized carbons (Fsp3) is 0.280. The van der Waals surface area contributed by atoms with Gasteiger partial charge in [0.25, 0.3) is 0 Å². The fourth-order valence-electron chi connectivity index (χ4n) is 4.22. The first-order valence-corrected chi connectivity index (χ1v) is 11.0. The molecule has 1 amide bonds. The number of carbonyl (C=O) groups is 1. The van der Waals surface area contributed by atoms with Gasteiger partial charge in [0.2, 0.25) is 5.91 Å². The molecule has 1 saturated heterocycles. The van der Waals surface area contributed by atoms with Crippen molar-refractivity contribution in [2.45, 2.75) is 26.3 Å². The molecule has 1 N–H and O–H groups in total. The van der Waals surface area contributed by atoms with Gasteiger partial charge < -0.3 is 10.2 Å². The van der Waals surface area contributed by atoms with Crippen molar-refractivity contribution in [2.24, 2.45) is 5.92 Å². The van der Waals surface area contributed by atoms with Gasteiger partial charge in [-0.1, -0.05) is 48.0 Å². The highest BCUT2D eigenvalue weighted by atomic mass is 16.1. The van der Waals surface area contributed by atoms with Gasteiger partial charge in [0, 0.05) is 25.8 Å². The van der Waals surface area contributed by atoms with Gasteiger partial charge in [0.1, 0.15) is 12.1 Å². The highest BCUT2D eigenvalue weighted by Crippen LogP contribution is 2.28. The van der Waals surface area contributed by atoms with E-state index in [1.54, 1.807) is 6.33 Å². The van der Waals surface area contributed by atoms with Crippen LogP contribution in [-0.4, -0.2) is 38.7 Å². The molecular formula is C25H26N6O. The SMILES string of the molecule is Cc1ccc(-n2cc3c(N4CCCC(C(=O)NCc5ccccc5)C4)ncnc3n2)cc1. The van der Waals surface area contributed by atoms with Crippen LogP contribution in [-0.2, 0) is 11.3 Å². The van der Waals surface area contributed by atoms with Gasteiger partial charge in [0.05, 0.1) is 17.0 Å². The molecular weight excluding hydrogens is 400 g/mol. The number of amides is 1. The zero-order chi connectivity index (χ0) is 21.9. The minimum absolute atomic E-state index is 0.0652. The van der Waals surface area contributed by atoms with E-state index in [1.165, 1.54) is 5.56 Å². The van der Waals surface area contributed by atoms with E-state index in [2.05, 4.69) is 44.3 Å². The third kappa shape index (κ3) is 4.19. The molecule has 4 aromatic rings. The number of aromatic nitrogens is 4. The molecule has 5 rings (SSSR count). The minimum Gasteiger partial charge on any atom is -0.355 e. The molecule has 1 aliphatic rings. The van der Waals surface area contributed by atoms with Crippen molar-refractivity contribution in [3.8, 4) is 5.69 Å². The van der Waals surface area contributed by atoms with Crippen LogP contribution in [0.4, 0.5) is 5.82 Å². The van der Waals surface area contributed by atoms with E-state index < -0.39 is 0 Å². The molecule has 2 aromatic carbocycles. The maximum absolute atomic E-state index is 12.8. The molecule has 0 aliphatic carbocycles. The van der Waals surface area contributed by atoms with Crippen LogP contribution in [0.3, 0.4) is 0 Å². The van der Waals surface area contributed by atoms with Crippen molar-refractivity contribution < 1.29 is 4.79 Å². The Bertz CT molecular complexity index is 1220. The molecule has 162 valence electrons. The van der Waals surface area contributed by atoms with Gasteiger partial charge in [-0.3, -0.25) is 4.79 Å². The standard InChI is InChI=1S/C25H26N6O/c1-18-9-11-21(12-10-18)31-16-22-23(29-31)27-17-28-24(22)30-13-5-8-20(15-30)25(32)26-14-19-6-3-2-4-7-19/h2-4,6-7,9-12,16-17,20H,5,8,13-15H2,1H3,(H,26,32). The summed E-state index contributed by atoms with van der Waals surface area (Å²) in [5.74, 6) is 0.873. The van der Waals surface area contributed by atoms with Crippen LogP contribution >= 0.6 is 0 Å². The van der Waals surface area contributed by atoms with E-state index in [9.17, 15) is 4.79 Å². The third-order valence-electron chi connectivity index (χ3n) is 6.00. The molecule has 7 heteroatoms. The molecule has 1 fully saturated rings. The number of aryl methyl sites for hydroxylation is 1. The number of anilines is 1. The Morgan fingerprint density at radius 1 is 1.09 bits per heavy atom. The Labute approximate surface area is 187 Å². The lowest BCUT2D eigenvalue weighted by molar-refractivity contribution is -0.125. The average Bonchev–Trinajstić information content (AvgIpc) is 3.28. The van der Waals surface area contributed by atoms with Crippen molar-refractivity contribution in [1.82, 2.24) is 25.1 Å². The number of piperidine rings is 1. The predicted molar refractivity (Wildman–Crippen MR) is 125 cm³/mol. The number of fused-ring (bicyclic) bond motifs is 1. The van der Waals surface area contributed by atoms with Crippen molar-refractivity contribution in [3.05, 3.63) is 78.2 Å². The summed E-state index contributed by atoms with van der Waals surface area (Å²) in [6.45, 7) is 4.12. The van der Waals surface area contributed by atoms with Crippen LogP contribution in [0.5, 0.6) is 0 Å². The number of hydrogen-bond acceptors (Lipinski definition) is 5. The molecule has 0 spiro atoms. The lowest BCUT2D eigenvalue weighted by Crippen LogP contribution is -2.43. The summed E-state index contributed by atoms with van der Waals surface area (Å²) in [5.41, 5.74) is 3.95. The summed E-state index contributed by atoms with van der Waals surface area (Å²) in [6.07, 6.45) is 5.37. The van der Waals surface area contributed by atoms with Gasteiger partial charge in [-0.15, -0.1) is 5.10 Å². The number of nitrogens with one attached hydrogen (secondary N) is 1. The molecule has 3 heterocycles. The van der Waals surface area contributed by atoms with Crippen LogP contribution < -0.4 is 10.2 Å². The summed E-state index contributed by atoms with van der Waals surface area (Å²) < 4.78 is 1.84. The largest absolute Gasteiger partial charge is 0.355 e. The molecule has 0 bridgehead atoms. The van der Waals surface area contributed by atoms with Crippen LogP contribution in [0.2, 0.25) is 0 Å². The lowest BCUT2D eigenvalue weighted by Gasteiger charge is -2.33. The second-order valence-electron chi connectivity index (χ2n) is 8.33. The Kier molecular flexibility index (Phi) is 5.54. The summed E-state index contributed by atoms with van der Waals surface area (Å²) in [6, 6.07) is 18.2. The molecule has 7 nitrogen and oxygen atoms in total. The maximum Gasteiger partial charge on any atom is 0.225 e. The predicted octanol–water partition coefficient (Wildman–Crippen LogP) is 3.66. The molecule has 0 saturated carbocycles. The average molecular weight is 427 g/mol. The number of carbonyl (C=O) groups excluding carboxylic acids is 1. The fourth-order valence-corrected chi connectivity index (χ4v) is 4.22. The molecule has 0 radical (unpaired) electrons. The van der Waals surface area contributed by atoms with E-state index in [1.807, 2.05) is 53.3 Å². The van der Waals surface area contributed by atoms with Crippen molar-refractivity contribution in [3.63, 3.8) is 0 Å². The van der Waals surface area contributed by atoms with Crippen molar-refractivity contribution in [2.75, 3.05) is 18.0 Å². The van der Waals surface area contributed by atoms with E-state index in [0.29, 0.717) is 18.7 Å². The van der Waals surface area contributed by atoms with Crippen LogP contribution in [0.25, 0.3) is 16.7 Å². The van der Waals surface area contributed by atoms with Gasteiger partial charge in [-0.2, -0.15) is 0 Å². The maximum atomic E-state index is 12.8. The minimum atomic E-state index is -0.0652. The Balaban J connectivity index is 1.34. The highest BCUT2D eigenvalue weighted by molar-refractivity contribution is 5.87. The van der Waals surface area contributed by atoms with E-state index in [4.69, 9.17) is 0 Å². The van der Waals surface area contributed by atoms with E-state index in [-0.39, 0.29) is 11.8 Å². The number of rotatable bonds is 5. The van der Waals surface area contributed by atoms with E-state index >= 15 is 0 Å².